The topological polar surface area (TPSA) is 133 Å². The number of carboxylic acids is 2. The van der Waals surface area contributed by atoms with Gasteiger partial charge in [0.2, 0.25) is 5.54 Å². The molecule has 0 saturated carbocycles. The van der Waals surface area contributed by atoms with Crippen molar-refractivity contribution in [3.05, 3.63) is 105 Å². The molecule has 4 rings (SSSR count). The summed E-state index contributed by atoms with van der Waals surface area (Å²) in [5, 5.41) is 20.2. The number of anilines is 1. The van der Waals surface area contributed by atoms with Crippen molar-refractivity contribution in [3.8, 4) is 0 Å². The zero-order valence-corrected chi connectivity index (χ0v) is 20.0. The van der Waals surface area contributed by atoms with E-state index in [0.29, 0.717) is 0 Å². The molecular formula is C24H16Cl2N2O6S. The maximum atomic E-state index is 12.8. The zero-order valence-electron chi connectivity index (χ0n) is 17.6. The summed E-state index contributed by atoms with van der Waals surface area (Å²) in [6.07, 6.45) is 1.90. The Balaban J connectivity index is 1.93. The minimum atomic E-state index is -3.96. The van der Waals surface area contributed by atoms with Crippen LogP contribution in [0.15, 0.2) is 88.8 Å². The van der Waals surface area contributed by atoms with Crippen LogP contribution >= 0.6 is 23.2 Å². The average molecular weight is 531 g/mol. The summed E-state index contributed by atoms with van der Waals surface area (Å²) in [7, 11) is -3.96. The second-order valence-electron chi connectivity index (χ2n) is 7.49. The van der Waals surface area contributed by atoms with Crippen molar-refractivity contribution < 1.29 is 28.2 Å². The van der Waals surface area contributed by atoms with Gasteiger partial charge in [0.1, 0.15) is 0 Å². The van der Waals surface area contributed by atoms with Crippen LogP contribution in [0.2, 0.25) is 10.0 Å². The lowest BCUT2D eigenvalue weighted by Gasteiger charge is -2.25. The van der Waals surface area contributed by atoms with E-state index in [2.05, 4.69) is 9.71 Å². The fourth-order valence-electron chi connectivity index (χ4n) is 3.82. The van der Waals surface area contributed by atoms with Gasteiger partial charge in [0.25, 0.3) is 10.0 Å². The molecule has 1 aliphatic heterocycles. The van der Waals surface area contributed by atoms with Crippen molar-refractivity contribution in [3.63, 3.8) is 0 Å². The van der Waals surface area contributed by atoms with E-state index in [-0.39, 0.29) is 42.3 Å². The maximum Gasteiger partial charge on any atom is 0.341 e. The fourth-order valence-corrected chi connectivity index (χ4v) is 5.48. The Morgan fingerprint density at radius 2 is 1.69 bits per heavy atom. The molecular weight excluding hydrogens is 515 g/mol. The number of halogens is 2. The number of hydrogen-bond donors (Lipinski definition) is 3. The highest BCUT2D eigenvalue weighted by atomic mass is 35.5. The number of sulfonamides is 1. The van der Waals surface area contributed by atoms with Gasteiger partial charge in [0.05, 0.1) is 15.3 Å². The van der Waals surface area contributed by atoms with Gasteiger partial charge in [0, 0.05) is 27.6 Å². The molecule has 0 fully saturated rings. The van der Waals surface area contributed by atoms with Crippen LogP contribution in [-0.2, 0) is 25.2 Å². The molecule has 0 spiro atoms. The van der Waals surface area contributed by atoms with Crippen LogP contribution in [0.1, 0.15) is 5.56 Å². The van der Waals surface area contributed by atoms with Gasteiger partial charge in [0.15, 0.2) is 0 Å². The van der Waals surface area contributed by atoms with E-state index in [9.17, 15) is 28.2 Å². The molecule has 1 heterocycles. The molecule has 8 nitrogen and oxygen atoms in total. The van der Waals surface area contributed by atoms with Crippen LogP contribution in [0.25, 0.3) is 5.57 Å². The first-order chi connectivity index (χ1) is 16.5. The van der Waals surface area contributed by atoms with E-state index < -0.39 is 27.5 Å². The van der Waals surface area contributed by atoms with Crippen molar-refractivity contribution in [1.29, 1.82) is 0 Å². The molecule has 0 bridgehead atoms. The van der Waals surface area contributed by atoms with Crippen molar-refractivity contribution in [2.24, 2.45) is 4.99 Å². The molecule has 0 saturated heterocycles. The molecule has 35 heavy (non-hydrogen) atoms. The van der Waals surface area contributed by atoms with E-state index in [1.165, 1.54) is 48.5 Å². The third-order valence-corrected chi connectivity index (χ3v) is 7.18. The maximum absolute atomic E-state index is 12.8. The van der Waals surface area contributed by atoms with Crippen LogP contribution in [0.5, 0.6) is 0 Å². The smallest absolute Gasteiger partial charge is 0.341 e. The summed E-state index contributed by atoms with van der Waals surface area (Å²) in [6.45, 7) is 0. The van der Waals surface area contributed by atoms with Crippen molar-refractivity contribution in [2.45, 2.75) is 10.4 Å². The van der Waals surface area contributed by atoms with E-state index in [1.807, 2.05) is 0 Å². The third kappa shape index (κ3) is 4.53. The summed E-state index contributed by atoms with van der Waals surface area (Å²) in [6, 6.07) is 16.2. The van der Waals surface area contributed by atoms with Gasteiger partial charge in [-0.1, -0.05) is 53.5 Å². The SMILES string of the molecule is O=C(O)C=CC1=c2c(Cl)cc(Cl)cc2=NC1(C(=O)O)c1cccc(NS(=O)(=O)c2ccccc2)c1. The average Bonchev–Trinajstić information content (AvgIpc) is 3.13. The Bertz CT molecular complexity index is 1620. The molecule has 3 aromatic rings. The van der Waals surface area contributed by atoms with Crippen LogP contribution in [0.3, 0.4) is 0 Å². The number of carboxylic acid groups (broad SMARTS) is 2. The first kappa shape index (κ1) is 24.5. The number of carbonyl (C=O) groups is 2. The molecule has 1 atom stereocenters. The molecule has 0 radical (unpaired) electrons. The van der Waals surface area contributed by atoms with Crippen molar-refractivity contribution >= 4 is 56.4 Å². The number of hydrogen-bond acceptors (Lipinski definition) is 5. The quantitative estimate of drug-likeness (QED) is 0.401. The van der Waals surface area contributed by atoms with E-state index in [0.717, 1.165) is 12.2 Å². The number of benzene rings is 3. The third-order valence-electron chi connectivity index (χ3n) is 5.27. The number of nitrogens with one attached hydrogen (secondary N) is 1. The predicted octanol–water partition coefficient (Wildman–Crippen LogP) is 3.20. The molecule has 1 aliphatic rings. The molecule has 1 unspecified atom stereocenters. The number of fused-ring (bicyclic) bond motifs is 1. The lowest BCUT2D eigenvalue weighted by molar-refractivity contribution is -0.141. The summed E-state index contributed by atoms with van der Waals surface area (Å²) in [5.41, 5.74) is -1.96. The van der Waals surface area contributed by atoms with Gasteiger partial charge in [-0.2, -0.15) is 0 Å². The molecule has 3 aromatic carbocycles. The summed E-state index contributed by atoms with van der Waals surface area (Å²) in [5.74, 6) is -2.73. The van der Waals surface area contributed by atoms with Crippen LogP contribution < -0.4 is 15.3 Å². The number of nitrogens with zero attached hydrogens (tertiary/aromatic N) is 1. The normalized spacial score (nSPS) is 17.1. The number of aliphatic carboxylic acids is 2. The van der Waals surface area contributed by atoms with Crippen molar-refractivity contribution in [1.82, 2.24) is 0 Å². The highest BCUT2D eigenvalue weighted by Gasteiger charge is 2.46. The Labute approximate surface area is 209 Å². The fraction of sp³-hybridized carbons (Fsp3) is 0.0417. The molecule has 178 valence electrons. The summed E-state index contributed by atoms with van der Waals surface area (Å²) in [4.78, 5) is 28.4. The van der Waals surface area contributed by atoms with Crippen molar-refractivity contribution in [2.75, 3.05) is 4.72 Å². The minimum absolute atomic E-state index is 0.00728. The second-order valence-corrected chi connectivity index (χ2v) is 10.0. The Hall–Kier alpha value is -3.66. The van der Waals surface area contributed by atoms with E-state index in [1.54, 1.807) is 18.2 Å². The number of rotatable bonds is 7. The van der Waals surface area contributed by atoms with Gasteiger partial charge >= 0.3 is 11.9 Å². The van der Waals surface area contributed by atoms with Gasteiger partial charge in [-0.3, -0.25) is 9.71 Å². The van der Waals surface area contributed by atoms with Crippen LogP contribution in [-0.4, -0.2) is 30.6 Å². The molecule has 0 amide bonds. The van der Waals surface area contributed by atoms with E-state index in [4.69, 9.17) is 23.2 Å². The second kappa shape index (κ2) is 9.18. The predicted molar refractivity (Wildman–Crippen MR) is 130 cm³/mol. The highest BCUT2D eigenvalue weighted by molar-refractivity contribution is 7.92. The monoisotopic (exact) mass is 530 g/mol. The molecule has 3 N–H and O–H groups in total. The standard InChI is InChI=1S/C24H16Cl2N2O6S/c25-15-12-19(26)22-18(9-10-21(29)30)24(23(31)32,27-20(22)13-15)14-5-4-6-16(11-14)28-35(33,34)17-7-2-1-3-8-17/h1-13,28H,(H,29,30)(H,31,32). The lowest BCUT2D eigenvalue weighted by atomic mass is 9.83. The van der Waals surface area contributed by atoms with E-state index >= 15 is 0 Å². The summed E-state index contributed by atoms with van der Waals surface area (Å²) < 4.78 is 28.0. The van der Waals surface area contributed by atoms with Crippen LogP contribution in [0, 0.1) is 0 Å². The zero-order chi connectivity index (χ0) is 25.4. The Morgan fingerprint density at radius 3 is 2.34 bits per heavy atom. The van der Waals surface area contributed by atoms with Gasteiger partial charge < -0.3 is 10.2 Å². The Kier molecular flexibility index (Phi) is 6.42. The molecule has 11 heteroatoms. The highest BCUT2D eigenvalue weighted by Crippen LogP contribution is 2.39. The summed E-state index contributed by atoms with van der Waals surface area (Å²) >= 11 is 12.4. The first-order valence-electron chi connectivity index (χ1n) is 9.97. The van der Waals surface area contributed by atoms with Gasteiger partial charge in [-0.15, -0.1) is 0 Å². The van der Waals surface area contributed by atoms with Gasteiger partial charge in [-0.05, 0) is 48.0 Å². The first-order valence-corrected chi connectivity index (χ1v) is 12.2. The van der Waals surface area contributed by atoms with Crippen LogP contribution in [0.4, 0.5) is 5.69 Å². The molecule has 0 aliphatic carbocycles. The molecule has 0 aromatic heterocycles. The minimum Gasteiger partial charge on any atom is -0.479 e. The largest absolute Gasteiger partial charge is 0.479 e. The van der Waals surface area contributed by atoms with Gasteiger partial charge in [-0.25, -0.2) is 18.0 Å². The Morgan fingerprint density at radius 1 is 0.971 bits per heavy atom. The lowest BCUT2D eigenvalue weighted by Crippen LogP contribution is -2.35.